The molecule has 7 heteroatoms. The van der Waals surface area contributed by atoms with Gasteiger partial charge in [0.1, 0.15) is 0 Å². The van der Waals surface area contributed by atoms with E-state index in [4.69, 9.17) is 11.6 Å². The quantitative estimate of drug-likeness (QED) is 0.944. The number of nitrogens with one attached hydrogen (secondary N) is 1. The first-order valence-corrected chi connectivity index (χ1v) is 7.52. The molecule has 1 saturated heterocycles. The van der Waals surface area contributed by atoms with E-state index in [0.29, 0.717) is 5.69 Å². The van der Waals surface area contributed by atoms with Crippen molar-refractivity contribution in [2.45, 2.75) is 12.5 Å². The molecule has 0 bridgehead atoms. The first kappa shape index (κ1) is 13.3. The van der Waals surface area contributed by atoms with Crippen LogP contribution < -0.4 is 10.2 Å². The van der Waals surface area contributed by atoms with E-state index in [2.05, 4.69) is 19.8 Å². The van der Waals surface area contributed by atoms with Gasteiger partial charge in [-0.1, -0.05) is 22.2 Å². The molecule has 0 radical (unpaired) electrons. The van der Waals surface area contributed by atoms with Gasteiger partial charge in [0, 0.05) is 35.2 Å². The average molecular weight is 309 g/mol. The third-order valence-corrected chi connectivity index (χ3v) is 4.03. The standard InChI is InChI=1S/C13H13ClN4OS/c14-9-2-1-3-11(6-9)18-5-4-10(7-18)15-13(19)12-8-20-17-16-12/h1-3,6,8,10H,4-5,7H2,(H,15,19). The van der Waals surface area contributed by atoms with Crippen LogP contribution in [0.1, 0.15) is 16.9 Å². The van der Waals surface area contributed by atoms with E-state index in [9.17, 15) is 4.79 Å². The summed E-state index contributed by atoms with van der Waals surface area (Å²) in [6, 6.07) is 7.89. The monoisotopic (exact) mass is 308 g/mol. The zero-order valence-electron chi connectivity index (χ0n) is 10.6. The minimum absolute atomic E-state index is 0.128. The van der Waals surface area contributed by atoms with Crippen molar-refractivity contribution in [1.29, 1.82) is 0 Å². The third-order valence-electron chi connectivity index (χ3n) is 3.29. The van der Waals surface area contributed by atoms with Crippen LogP contribution in [0.25, 0.3) is 0 Å². The lowest BCUT2D eigenvalue weighted by Gasteiger charge is -2.19. The van der Waals surface area contributed by atoms with Gasteiger partial charge in [0.05, 0.1) is 0 Å². The molecule has 1 N–H and O–H groups in total. The normalized spacial score (nSPS) is 18.2. The fraction of sp³-hybridized carbons (Fsp3) is 0.308. The molecule has 1 aliphatic rings. The summed E-state index contributed by atoms with van der Waals surface area (Å²) < 4.78 is 3.70. The summed E-state index contributed by atoms with van der Waals surface area (Å²) in [4.78, 5) is 14.1. The number of halogens is 1. The van der Waals surface area contributed by atoms with Crippen molar-refractivity contribution in [1.82, 2.24) is 14.9 Å². The van der Waals surface area contributed by atoms with E-state index in [1.807, 2.05) is 24.3 Å². The summed E-state index contributed by atoms with van der Waals surface area (Å²) in [5, 5.41) is 9.14. The van der Waals surface area contributed by atoms with Crippen LogP contribution in [0.15, 0.2) is 29.6 Å². The molecule has 0 saturated carbocycles. The van der Waals surface area contributed by atoms with Crippen LogP contribution in [0.3, 0.4) is 0 Å². The Bertz CT molecular complexity index is 604. The summed E-state index contributed by atoms with van der Waals surface area (Å²) in [6.07, 6.45) is 0.913. The summed E-state index contributed by atoms with van der Waals surface area (Å²) in [5.41, 5.74) is 1.47. The number of hydrogen-bond acceptors (Lipinski definition) is 5. The molecular formula is C13H13ClN4OS. The van der Waals surface area contributed by atoms with Crippen molar-refractivity contribution in [2.24, 2.45) is 0 Å². The Labute approximate surface area is 125 Å². The van der Waals surface area contributed by atoms with Crippen LogP contribution in [-0.2, 0) is 0 Å². The van der Waals surface area contributed by atoms with E-state index in [1.165, 1.54) is 11.5 Å². The van der Waals surface area contributed by atoms with Gasteiger partial charge in [0.15, 0.2) is 5.69 Å². The topological polar surface area (TPSA) is 58.1 Å². The molecule has 1 aromatic carbocycles. The van der Waals surface area contributed by atoms with Crippen LogP contribution in [-0.4, -0.2) is 34.6 Å². The molecule has 1 aromatic heterocycles. The highest BCUT2D eigenvalue weighted by Crippen LogP contribution is 2.23. The minimum Gasteiger partial charge on any atom is -0.369 e. The molecule has 2 heterocycles. The second kappa shape index (κ2) is 5.76. The van der Waals surface area contributed by atoms with Gasteiger partial charge >= 0.3 is 0 Å². The number of carbonyl (C=O) groups is 1. The Hall–Kier alpha value is -1.66. The summed E-state index contributed by atoms with van der Waals surface area (Å²) in [5.74, 6) is -0.156. The Morgan fingerprint density at radius 2 is 2.40 bits per heavy atom. The van der Waals surface area contributed by atoms with Crippen molar-refractivity contribution in [2.75, 3.05) is 18.0 Å². The smallest absolute Gasteiger partial charge is 0.273 e. The Morgan fingerprint density at radius 3 is 3.15 bits per heavy atom. The maximum Gasteiger partial charge on any atom is 0.273 e. The van der Waals surface area contributed by atoms with Gasteiger partial charge in [0.25, 0.3) is 5.91 Å². The largest absolute Gasteiger partial charge is 0.369 e. The Kier molecular flexibility index (Phi) is 3.84. The second-order valence-electron chi connectivity index (χ2n) is 4.68. The predicted molar refractivity (Wildman–Crippen MR) is 79.4 cm³/mol. The molecule has 5 nitrogen and oxygen atoms in total. The number of benzene rings is 1. The van der Waals surface area contributed by atoms with Gasteiger partial charge in [0.2, 0.25) is 0 Å². The van der Waals surface area contributed by atoms with Gasteiger partial charge < -0.3 is 10.2 Å². The highest BCUT2D eigenvalue weighted by molar-refractivity contribution is 7.03. The average Bonchev–Trinajstić information content (AvgIpc) is 3.10. The van der Waals surface area contributed by atoms with Gasteiger partial charge in [-0.15, -0.1) is 5.10 Å². The molecule has 0 spiro atoms. The van der Waals surface area contributed by atoms with Crippen LogP contribution in [0, 0.1) is 0 Å². The molecule has 1 amide bonds. The van der Waals surface area contributed by atoms with Crippen molar-refractivity contribution in [3.63, 3.8) is 0 Å². The Balaban J connectivity index is 1.61. The van der Waals surface area contributed by atoms with E-state index in [-0.39, 0.29) is 11.9 Å². The maximum absolute atomic E-state index is 11.9. The summed E-state index contributed by atoms with van der Waals surface area (Å²) >= 11 is 7.18. The highest BCUT2D eigenvalue weighted by Gasteiger charge is 2.25. The number of rotatable bonds is 3. The molecular weight excluding hydrogens is 296 g/mol. The lowest BCUT2D eigenvalue weighted by Crippen LogP contribution is -2.37. The van der Waals surface area contributed by atoms with E-state index >= 15 is 0 Å². The minimum atomic E-state index is -0.156. The summed E-state index contributed by atoms with van der Waals surface area (Å²) in [7, 11) is 0. The molecule has 3 rings (SSSR count). The SMILES string of the molecule is O=C(NC1CCN(c2cccc(Cl)c2)C1)c1csnn1. The number of aromatic nitrogens is 2. The molecule has 2 aromatic rings. The maximum atomic E-state index is 11.9. The number of amides is 1. The number of anilines is 1. The highest BCUT2D eigenvalue weighted by atomic mass is 35.5. The van der Waals surface area contributed by atoms with Crippen LogP contribution in [0.4, 0.5) is 5.69 Å². The van der Waals surface area contributed by atoms with Crippen LogP contribution >= 0.6 is 23.1 Å². The van der Waals surface area contributed by atoms with E-state index in [1.54, 1.807) is 5.38 Å². The lowest BCUT2D eigenvalue weighted by molar-refractivity contribution is 0.0935. The van der Waals surface area contributed by atoms with Crippen LogP contribution in [0.2, 0.25) is 5.02 Å². The van der Waals surface area contributed by atoms with Gasteiger partial charge in [-0.05, 0) is 36.2 Å². The van der Waals surface area contributed by atoms with Crippen molar-refractivity contribution in [3.8, 4) is 0 Å². The fourth-order valence-corrected chi connectivity index (χ4v) is 2.93. The molecule has 104 valence electrons. The molecule has 1 fully saturated rings. The van der Waals surface area contributed by atoms with Crippen molar-refractivity contribution in [3.05, 3.63) is 40.4 Å². The van der Waals surface area contributed by atoms with Gasteiger partial charge in [-0.25, -0.2) is 0 Å². The first-order chi connectivity index (χ1) is 9.72. The number of nitrogens with zero attached hydrogens (tertiary/aromatic N) is 3. The number of carbonyl (C=O) groups excluding carboxylic acids is 1. The molecule has 1 atom stereocenters. The first-order valence-electron chi connectivity index (χ1n) is 6.31. The fourth-order valence-electron chi connectivity index (χ4n) is 2.31. The molecule has 20 heavy (non-hydrogen) atoms. The van der Waals surface area contributed by atoms with E-state index < -0.39 is 0 Å². The zero-order valence-corrected chi connectivity index (χ0v) is 12.2. The lowest BCUT2D eigenvalue weighted by atomic mass is 10.2. The van der Waals surface area contributed by atoms with Crippen molar-refractivity contribution < 1.29 is 4.79 Å². The molecule has 1 unspecified atom stereocenters. The van der Waals surface area contributed by atoms with Crippen LogP contribution in [0.5, 0.6) is 0 Å². The van der Waals surface area contributed by atoms with Crippen molar-refractivity contribution >= 4 is 34.7 Å². The van der Waals surface area contributed by atoms with Gasteiger partial charge in [-0.2, -0.15) is 0 Å². The number of hydrogen-bond donors (Lipinski definition) is 1. The van der Waals surface area contributed by atoms with E-state index in [0.717, 1.165) is 30.2 Å². The molecule has 0 aliphatic carbocycles. The summed E-state index contributed by atoms with van der Waals surface area (Å²) in [6.45, 7) is 1.68. The third kappa shape index (κ3) is 2.91. The zero-order chi connectivity index (χ0) is 13.9. The second-order valence-corrected chi connectivity index (χ2v) is 5.72. The molecule has 1 aliphatic heterocycles. The van der Waals surface area contributed by atoms with Gasteiger partial charge in [-0.3, -0.25) is 4.79 Å². The Morgan fingerprint density at radius 1 is 1.50 bits per heavy atom. The predicted octanol–water partition coefficient (Wildman–Crippen LogP) is 2.20.